The minimum absolute atomic E-state index is 0.0290. The van der Waals surface area contributed by atoms with Crippen molar-refractivity contribution in [2.45, 2.75) is 99.0 Å². The summed E-state index contributed by atoms with van der Waals surface area (Å²) in [6.07, 6.45) is 13.9. The van der Waals surface area contributed by atoms with Crippen molar-refractivity contribution in [2.75, 3.05) is 0 Å². The lowest BCUT2D eigenvalue weighted by Gasteiger charge is -2.40. The van der Waals surface area contributed by atoms with Crippen molar-refractivity contribution in [1.82, 2.24) is 0 Å². The monoisotopic (exact) mass is 360 g/mol. The molecule has 0 aromatic heterocycles. The number of carbonyl (C=O) groups is 1. The van der Waals surface area contributed by atoms with Gasteiger partial charge in [-0.25, -0.2) is 0 Å². The lowest BCUT2D eigenvalue weighted by molar-refractivity contribution is -0.160. The van der Waals surface area contributed by atoms with E-state index in [9.17, 15) is 4.79 Å². The molecule has 0 aromatic carbocycles. The van der Waals surface area contributed by atoms with Crippen molar-refractivity contribution in [3.05, 3.63) is 23.8 Å². The van der Waals surface area contributed by atoms with Gasteiger partial charge in [-0.05, 0) is 62.2 Å². The molecule has 2 heteroatoms. The summed E-state index contributed by atoms with van der Waals surface area (Å²) in [5.74, 6) is 0.334. The maximum absolute atomic E-state index is 12.8. The summed E-state index contributed by atoms with van der Waals surface area (Å²) in [4.78, 5) is 12.8. The second-order valence-electron chi connectivity index (χ2n) is 10.7. The van der Waals surface area contributed by atoms with Gasteiger partial charge in [0, 0.05) is 0 Å². The first-order valence-electron chi connectivity index (χ1n) is 10.6. The normalized spacial score (nSPS) is 24.3. The average molecular weight is 361 g/mol. The second-order valence-corrected chi connectivity index (χ2v) is 10.7. The minimum atomic E-state index is -0.236. The quantitative estimate of drug-likeness (QED) is 0.484. The van der Waals surface area contributed by atoms with Crippen LogP contribution in [0.1, 0.15) is 93.4 Å². The van der Waals surface area contributed by atoms with Gasteiger partial charge in [-0.2, -0.15) is 0 Å². The fourth-order valence-corrected chi connectivity index (χ4v) is 4.36. The Morgan fingerprint density at radius 2 is 1.85 bits per heavy atom. The number of rotatable bonds is 6. The highest BCUT2D eigenvalue weighted by Crippen LogP contribution is 2.45. The molecule has 2 rings (SSSR count). The largest absolute Gasteiger partial charge is 0.459 e. The van der Waals surface area contributed by atoms with E-state index in [4.69, 9.17) is 4.74 Å². The second kappa shape index (κ2) is 7.90. The SMILES string of the molecule is CCC(C)(C)CC(C1=CC=CC(C(=O)OC2(C)CCCC2)C1)C(C)(C)C. The summed E-state index contributed by atoms with van der Waals surface area (Å²) in [7, 11) is 0. The summed E-state index contributed by atoms with van der Waals surface area (Å²) in [5.41, 5.74) is 1.68. The molecule has 2 unspecified atom stereocenters. The molecule has 0 spiro atoms. The van der Waals surface area contributed by atoms with E-state index in [0.29, 0.717) is 11.3 Å². The van der Waals surface area contributed by atoms with Gasteiger partial charge in [0.25, 0.3) is 0 Å². The maximum atomic E-state index is 12.8. The first-order valence-corrected chi connectivity index (χ1v) is 10.6. The predicted octanol–water partition coefficient (Wildman–Crippen LogP) is 6.85. The molecule has 0 aliphatic heterocycles. The number of carbonyl (C=O) groups excluding carboxylic acids is 1. The first kappa shape index (κ1) is 21.3. The van der Waals surface area contributed by atoms with Crippen LogP contribution < -0.4 is 0 Å². The third-order valence-corrected chi connectivity index (χ3v) is 6.63. The topological polar surface area (TPSA) is 26.3 Å². The zero-order chi connectivity index (χ0) is 19.6. The van der Waals surface area contributed by atoms with E-state index in [2.05, 4.69) is 60.6 Å². The molecule has 0 amide bonds. The molecule has 0 N–H and O–H groups in total. The van der Waals surface area contributed by atoms with Crippen LogP contribution in [0.5, 0.6) is 0 Å². The van der Waals surface area contributed by atoms with Gasteiger partial charge in [-0.15, -0.1) is 0 Å². The first-order chi connectivity index (χ1) is 12.0. The molecule has 0 aromatic rings. The minimum Gasteiger partial charge on any atom is -0.459 e. The molecule has 26 heavy (non-hydrogen) atoms. The van der Waals surface area contributed by atoms with Crippen molar-refractivity contribution < 1.29 is 9.53 Å². The zero-order valence-electron chi connectivity index (χ0n) is 18.2. The fourth-order valence-electron chi connectivity index (χ4n) is 4.36. The molecule has 2 aliphatic rings. The van der Waals surface area contributed by atoms with Crippen molar-refractivity contribution in [3.63, 3.8) is 0 Å². The van der Waals surface area contributed by atoms with E-state index in [1.807, 2.05) is 6.08 Å². The van der Waals surface area contributed by atoms with Crippen LogP contribution in [0.4, 0.5) is 0 Å². The summed E-state index contributed by atoms with van der Waals surface area (Å²) in [5, 5.41) is 0. The molecular weight excluding hydrogens is 320 g/mol. The number of allylic oxidation sites excluding steroid dienone is 3. The molecule has 148 valence electrons. The van der Waals surface area contributed by atoms with E-state index in [1.165, 1.54) is 24.8 Å². The number of hydrogen-bond acceptors (Lipinski definition) is 2. The van der Waals surface area contributed by atoms with Crippen LogP contribution in [0, 0.1) is 22.7 Å². The lowest BCUT2D eigenvalue weighted by atomic mass is 9.65. The van der Waals surface area contributed by atoms with Gasteiger partial charge >= 0.3 is 5.97 Å². The molecule has 0 radical (unpaired) electrons. The van der Waals surface area contributed by atoms with Gasteiger partial charge in [-0.3, -0.25) is 4.79 Å². The fraction of sp³-hybridized carbons (Fsp3) is 0.792. The standard InChI is InChI=1S/C24H40O2/c1-8-23(5,6)17-20(22(2,3)4)18-12-11-13-19(16-18)21(25)26-24(7)14-9-10-15-24/h11-13,19-20H,8-10,14-17H2,1-7H3. The number of ether oxygens (including phenoxy) is 1. The van der Waals surface area contributed by atoms with Gasteiger partial charge < -0.3 is 4.74 Å². The van der Waals surface area contributed by atoms with Gasteiger partial charge in [0.2, 0.25) is 0 Å². The summed E-state index contributed by atoms with van der Waals surface area (Å²) < 4.78 is 5.96. The third-order valence-electron chi connectivity index (χ3n) is 6.63. The van der Waals surface area contributed by atoms with Gasteiger partial charge in [0.15, 0.2) is 0 Å². The average Bonchev–Trinajstić information content (AvgIpc) is 2.98. The maximum Gasteiger partial charge on any atom is 0.313 e. The Morgan fingerprint density at radius 3 is 2.38 bits per heavy atom. The molecule has 2 aliphatic carbocycles. The Kier molecular flexibility index (Phi) is 6.46. The van der Waals surface area contributed by atoms with Crippen LogP contribution in [0.15, 0.2) is 23.8 Å². The van der Waals surface area contributed by atoms with E-state index in [0.717, 1.165) is 25.7 Å². The molecule has 2 atom stereocenters. The molecule has 0 heterocycles. The zero-order valence-corrected chi connectivity index (χ0v) is 18.2. The van der Waals surface area contributed by atoms with Crippen molar-refractivity contribution in [1.29, 1.82) is 0 Å². The van der Waals surface area contributed by atoms with E-state index >= 15 is 0 Å². The molecule has 0 saturated heterocycles. The molecular formula is C24H40O2. The summed E-state index contributed by atoms with van der Waals surface area (Å²) >= 11 is 0. The van der Waals surface area contributed by atoms with Crippen LogP contribution in [-0.4, -0.2) is 11.6 Å². The summed E-state index contributed by atoms with van der Waals surface area (Å²) in [6, 6.07) is 0. The van der Waals surface area contributed by atoms with Crippen LogP contribution in [0.25, 0.3) is 0 Å². The van der Waals surface area contributed by atoms with E-state index < -0.39 is 0 Å². The van der Waals surface area contributed by atoms with Gasteiger partial charge in [0.05, 0.1) is 5.92 Å². The Bertz CT molecular complexity index is 553. The molecule has 1 saturated carbocycles. The highest BCUT2D eigenvalue weighted by atomic mass is 16.6. The number of hydrogen-bond donors (Lipinski definition) is 0. The van der Waals surface area contributed by atoms with Gasteiger partial charge in [0.1, 0.15) is 5.60 Å². The van der Waals surface area contributed by atoms with Crippen molar-refractivity contribution in [3.8, 4) is 0 Å². The van der Waals surface area contributed by atoms with Gasteiger partial charge in [-0.1, -0.05) is 71.8 Å². The van der Waals surface area contributed by atoms with Crippen molar-refractivity contribution >= 4 is 5.97 Å². The Morgan fingerprint density at radius 1 is 1.23 bits per heavy atom. The van der Waals surface area contributed by atoms with E-state index in [1.54, 1.807) is 0 Å². The van der Waals surface area contributed by atoms with Crippen LogP contribution in [-0.2, 0) is 9.53 Å². The number of esters is 1. The molecule has 2 nitrogen and oxygen atoms in total. The summed E-state index contributed by atoms with van der Waals surface area (Å²) in [6.45, 7) is 16.1. The van der Waals surface area contributed by atoms with E-state index in [-0.39, 0.29) is 22.9 Å². The van der Waals surface area contributed by atoms with Crippen LogP contribution in [0.2, 0.25) is 0 Å². The van der Waals surface area contributed by atoms with Crippen molar-refractivity contribution in [2.24, 2.45) is 22.7 Å². The smallest absolute Gasteiger partial charge is 0.313 e. The Balaban J connectivity index is 2.10. The highest BCUT2D eigenvalue weighted by molar-refractivity contribution is 5.76. The highest BCUT2D eigenvalue weighted by Gasteiger charge is 2.38. The Hall–Kier alpha value is -1.05. The van der Waals surface area contributed by atoms with Crippen LogP contribution >= 0.6 is 0 Å². The molecule has 1 fully saturated rings. The lowest BCUT2D eigenvalue weighted by Crippen LogP contribution is -2.33. The molecule has 0 bridgehead atoms. The Labute approximate surface area is 161 Å². The third kappa shape index (κ3) is 5.47. The van der Waals surface area contributed by atoms with Crippen LogP contribution in [0.3, 0.4) is 0 Å². The predicted molar refractivity (Wildman–Crippen MR) is 110 cm³/mol.